The Morgan fingerprint density at radius 1 is 1.82 bits per heavy atom. The van der Waals surface area contributed by atoms with Crippen molar-refractivity contribution < 1.29 is 4.92 Å². The molecule has 0 saturated carbocycles. The molecule has 0 aromatic rings. The fourth-order valence-electron chi connectivity index (χ4n) is 1.29. The van der Waals surface area contributed by atoms with Gasteiger partial charge in [0.05, 0.1) is 0 Å². The maximum absolute atomic E-state index is 10.4. The van der Waals surface area contributed by atoms with Gasteiger partial charge in [-0.2, -0.15) is 0 Å². The van der Waals surface area contributed by atoms with E-state index < -0.39 is 6.04 Å². The predicted octanol–water partition coefficient (Wildman–Crippen LogP) is 0.699. The largest absolute Gasteiger partial charge is 0.327 e. The number of nitro groups is 1. The molecule has 0 fully saturated rings. The maximum Gasteiger partial charge on any atom is 0.235 e. The summed E-state index contributed by atoms with van der Waals surface area (Å²) in [6.07, 6.45) is 3.12. The monoisotopic (exact) mass is 156 g/mol. The van der Waals surface area contributed by atoms with Crippen molar-refractivity contribution in [3.8, 4) is 0 Å². The summed E-state index contributed by atoms with van der Waals surface area (Å²) in [7, 11) is 0. The second kappa shape index (κ2) is 3.00. The third-order valence-corrected chi connectivity index (χ3v) is 2.05. The Morgan fingerprint density at radius 3 is 2.91 bits per heavy atom. The molecule has 0 saturated heterocycles. The molecule has 0 amide bonds. The lowest BCUT2D eigenvalue weighted by Gasteiger charge is -2.19. The first-order valence-corrected chi connectivity index (χ1v) is 3.67. The van der Waals surface area contributed by atoms with Crippen molar-refractivity contribution in [3.63, 3.8) is 0 Å². The lowest BCUT2D eigenvalue weighted by atomic mass is 9.92. The van der Waals surface area contributed by atoms with Crippen LogP contribution in [0.1, 0.15) is 19.8 Å². The van der Waals surface area contributed by atoms with Crippen LogP contribution in [0.3, 0.4) is 0 Å². The summed E-state index contributed by atoms with van der Waals surface area (Å²) < 4.78 is 0. The minimum absolute atomic E-state index is 0.0332. The Morgan fingerprint density at radius 2 is 2.45 bits per heavy atom. The quantitative estimate of drug-likeness (QED) is 0.345. The van der Waals surface area contributed by atoms with Crippen molar-refractivity contribution in [2.24, 2.45) is 5.73 Å². The van der Waals surface area contributed by atoms with Gasteiger partial charge in [0.25, 0.3) is 0 Å². The summed E-state index contributed by atoms with van der Waals surface area (Å²) in [5, 5.41) is 10.4. The number of nitrogens with two attached hydrogens (primary N) is 1. The average molecular weight is 156 g/mol. The SMILES string of the molecule is CC1=CCC(N)CC1[N+](=O)[O-]. The Balaban J connectivity index is 2.71. The molecule has 0 aliphatic heterocycles. The maximum atomic E-state index is 10.4. The second-order valence-corrected chi connectivity index (χ2v) is 2.98. The van der Waals surface area contributed by atoms with Gasteiger partial charge in [-0.05, 0) is 18.9 Å². The topological polar surface area (TPSA) is 69.2 Å². The van der Waals surface area contributed by atoms with E-state index in [4.69, 9.17) is 5.73 Å². The van der Waals surface area contributed by atoms with Gasteiger partial charge >= 0.3 is 0 Å². The van der Waals surface area contributed by atoms with Gasteiger partial charge in [-0.15, -0.1) is 0 Å². The van der Waals surface area contributed by atoms with Gasteiger partial charge in [-0.1, -0.05) is 6.08 Å². The van der Waals surface area contributed by atoms with Crippen molar-refractivity contribution in [2.75, 3.05) is 0 Å². The highest BCUT2D eigenvalue weighted by molar-refractivity contribution is 5.10. The van der Waals surface area contributed by atoms with Crippen LogP contribution in [0.2, 0.25) is 0 Å². The summed E-state index contributed by atoms with van der Waals surface area (Å²) in [4.78, 5) is 10.2. The third kappa shape index (κ3) is 1.77. The first-order chi connectivity index (χ1) is 5.11. The lowest BCUT2D eigenvalue weighted by molar-refractivity contribution is -0.514. The van der Waals surface area contributed by atoms with E-state index in [0.29, 0.717) is 6.42 Å². The van der Waals surface area contributed by atoms with E-state index in [9.17, 15) is 10.1 Å². The molecule has 1 aliphatic carbocycles. The molecule has 0 aromatic carbocycles. The fraction of sp³-hybridized carbons (Fsp3) is 0.714. The number of nitrogens with zero attached hydrogens (tertiary/aromatic N) is 1. The van der Waals surface area contributed by atoms with Crippen LogP contribution >= 0.6 is 0 Å². The minimum atomic E-state index is -0.543. The smallest absolute Gasteiger partial charge is 0.235 e. The van der Waals surface area contributed by atoms with Crippen LogP contribution in [0.4, 0.5) is 0 Å². The van der Waals surface area contributed by atoms with Crippen LogP contribution < -0.4 is 5.73 Å². The van der Waals surface area contributed by atoms with Crippen LogP contribution in [-0.2, 0) is 0 Å². The van der Waals surface area contributed by atoms with Crippen molar-refractivity contribution in [1.82, 2.24) is 0 Å². The zero-order valence-corrected chi connectivity index (χ0v) is 6.49. The molecule has 0 aromatic heterocycles. The van der Waals surface area contributed by atoms with Crippen LogP contribution in [0.5, 0.6) is 0 Å². The van der Waals surface area contributed by atoms with E-state index in [-0.39, 0.29) is 11.0 Å². The minimum Gasteiger partial charge on any atom is -0.327 e. The van der Waals surface area contributed by atoms with E-state index in [1.165, 1.54) is 0 Å². The van der Waals surface area contributed by atoms with Gasteiger partial charge in [-0.3, -0.25) is 10.1 Å². The van der Waals surface area contributed by atoms with Gasteiger partial charge in [0, 0.05) is 17.4 Å². The first-order valence-electron chi connectivity index (χ1n) is 3.67. The number of rotatable bonds is 1. The Bertz CT molecular complexity index is 201. The highest BCUT2D eigenvalue weighted by Crippen LogP contribution is 2.19. The molecule has 4 heteroatoms. The molecule has 2 N–H and O–H groups in total. The lowest BCUT2D eigenvalue weighted by Crippen LogP contribution is -2.34. The normalized spacial score (nSPS) is 31.3. The van der Waals surface area contributed by atoms with Crippen molar-refractivity contribution in [3.05, 3.63) is 21.8 Å². The zero-order valence-electron chi connectivity index (χ0n) is 6.49. The van der Waals surface area contributed by atoms with Gasteiger partial charge < -0.3 is 5.73 Å². The molecule has 2 atom stereocenters. The van der Waals surface area contributed by atoms with E-state index in [1.54, 1.807) is 6.92 Å². The molecular weight excluding hydrogens is 144 g/mol. The van der Waals surface area contributed by atoms with Crippen LogP contribution in [-0.4, -0.2) is 17.0 Å². The van der Waals surface area contributed by atoms with Crippen molar-refractivity contribution >= 4 is 0 Å². The average Bonchev–Trinajstić information content (AvgIpc) is 1.94. The van der Waals surface area contributed by atoms with Crippen molar-refractivity contribution in [1.29, 1.82) is 0 Å². The Hall–Kier alpha value is -0.900. The molecule has 1 aliphatic rings. The summed E-state index contributed by atoms with van der Waals surface area (Å²) >= 11 is 0. The first kappa shape index (κ1) is 8.20. The fourth-order valence-corrected chi connectivity index (χ4v) is 1.29. The molecule has 1 rings (SSSR count). The van der Waals surface area contributed by atoms with E-state index in [0.717, 1.165) is 12.0 Å². The Kier molecular flexibility index (Phi) is 2.24. The van der Waals surface area contributed by atoms with Crippen molar-refractivity contribution in [2.45, 2.75) is 31.8 Å². The summed E-state index contributed by atoms with van der Waals surface area (Å²) in [6.45, 7) is 1.79. The molecule has 11 heavy (non-hydrogen) atoms. The summed E-state index contributed by atoms with van der Waals surface area (Å²) in [6, 6.07) is -0.576. The van der Waals surface area contributed by atoms with Gasteiger partial charge in [-0.25, -0.2) is 0 Å². The third-order valence-electron chi connectivity index (χ3n) is 2.05. The van der Waals surface area contributed by atoms with Gasteiger partial charge in [0.15, 0.2) is 0 Å². The molecule has 0 heterocycles. The molecule has 0 bridgehead atoms. The zero-order chi connectivity index (χ0) is 8.43. The number of hydrogen-bond acceptors (Lipinski definition) is 3. The number of hydrogen-bond donors (Lipinski definition) is 1. The Labute approximate surface area is 65.2 Å². The highest BCUT2D eigenvalue weighted by atomic mass is 16.6. The second-order valence-electron chi connectivity index (χ2n) is 2.98. The highest BCUT2D eigenvalue weighted by Gasteiger charge is 2.28. The molecule has 4 nitrogen and oxygen atoms in total. The van der Waals surface area contributed by atoms with Gasteiger partial charge in [0.1, 0.15) is 0 Å². The standard InChI is InChI=1S/C7H12N2O2/c1-5-2-3-6(8)4-7(5)9(10)11/h2,6-7H,3-4,8H2,1H3. The molecule has 0 spiro atoms. The van der Waals surface area contributed by atoms with Gasteiger partial charge in [0.2, 0.25) is 6.04 Å². The molecule has 0 radical (unpaired) electrons. The molecule has 62 valence electrons. The van der Waals surface area contributed by atoms with Crippen LogP contribution in [0.25, 0.3) is 0 Å². The molecule has 2 unspecified atom stereocenters. The predicted molar refractivity (Wildman–Crippen MR) is 41.7 cm³/mol. The van der Waals surface area contributed by atoms with E-state index in [2.05, 4.69) is 0 Å². The van der Waals surface area contributed by atoms with Crippen LogP contribution in [0, 0.1) is 10.1 Å². The van der Waals surface area contributed by atoms with E-state index >= 15 is 0 Å². The van der Waals surface area contributed by atoms with E-state index in [1.807, 2.05) is 6.08 Å². The summed E-state index contributed by atoms with van der Waals surface area (Å²) in [5.74, 6) is 0. The summed E-state index contributed by atoms with van der Waals surface area (Å²) in [5.41, 5.74) is 6.42. The molecular formula is C7H12N2O2. The van der Waals surface area contributed by atoms with Crippen LogP contribution in [0.15, 0.2) is 11.6 Å².